The normalized spacial score (nSPS) is 17.0. The highest BCUT2D eigenvalue weighted by Gasteiger charge is 2.27. The summed E-state index contributed by atoms with van der Waals surface area (Å²) in [7, 11) is 1.59. The third kappa shape index (κ3) is 5.44. The highest BCUT2D eigenvalue weighted by molar-refractivity contribution is 5.94. The van der Waals surface area contributed by atoms with Crippen LogP contribution < -0.4 is 10.1 Å². The first kappa shape index (κ1) is 19.2. The Morgan fingerprint density at radius 1 is 1.20 bits per heavy atom. The molecule has 0 spiro atoms. The summed E-state index contributed by atoms with van der Waals surface area (Å²) in [6.07, 6.45) is 0.618. The van der Waals surface area contributed by atoms with Crippen LogP contribution >= 0.6 is 0 Å². The van der Waals surface area contributed by atoms with Gasteiger partial charge in [-0.25, -0.2) is 0 Å². The summed E-state index contributed by atoms with van der Waals surface area (Å²) in [5.74, 6) is -0.123. The van der Waals surface area contributed by atoms with Crippen LogP contribution in [0.25, 0.3) is 0 Å². The number of hydrogen-bond acceptors (Lipinski definition) is 5. The largest absolute Gasteiger partial charge is 0.497 e. The molecule has 1 heterocycles. The molecule has 1 aromatic rings. The number of hydrogen-bond donors (Lipinski definition) is 2. The van der Waals surface area contributed by atoms with Crippen molar-refractivity contribution in [3.63, 3.8) is 0 Å². The molecule has 1 unspecified atom stereocenters. The van der Waals surface area contributed by atoms with Crippen molar-refractivity contribution in [2.24, 2.45) is 0 Å². The molecule has 0 saturated carbocycles. The van der Waals surface area contributed by atoms with Gasteiger partial charge < -0.3 is 15.2 Å². The minimum absolute atomic E-state index is 0.0989. The number of benzene rings is 1. The van der Waals surface area contributed by atoms with Gasteiger partial charge in [-0.2, -0.15) is 0 Å². The Bertz CT molecular complexity index is 568. The maximum Gasteiger partial charge on any atom is 0.320 e. The number of nitrogens with zero attached hydrogens (tertiary/aromatic N) is 2. The average Bonchev–Trinajstić information content (AvgIpc) is 2.63. The molecule has 1 aliphatic heterocycles. The van der Waals surface area contributed by atoms with Gasteiger partial charge in [-0.3, -0.25) is 19.4 Å². The van der Waals surface area contributed by atoms with Crippen LogP contribution in [0.15, 0.2) is 24.3 Å². The van der Waals surface area contributed by atoms with E-state index in [1.54, 1.807) is 31.4 Å². The van der Waals surface area contributed by atoms with E-state index in [9.17, 15) is 14.7 Å². The Morgan fingerprint density at radius 2 is 1.84 bits per heavy atom. The zero-order chi connectivity index (χ0) is 18.2. The number of carboxylic acids is 1. The van der Waals surface area contributed by atoms with Crippen molar-refractivity contribution in [2.45, 2.75) is 19.4 Å². The van der Waals surface area contributed by atoms with E-state index in [0.717, 1.165) is 38.5 Å². The lowest BCUT2D eigenvalue weighted by Crippen LogP contribution is -2.53. The fraction of sp³-hybridized carbons (Fsp3) is 0.556. The second kappa shape index (κ2) is 9.39. The Morgan fingerprint density at radius 3 is 2.36 bits per heavy atom. The highest BCUT2D eigenvalue weighted by Crippen LogP contribution is 2.11. The molecular weight excluding hydrogens is 322 g/mol. The zero-order valence-electron chi connectivity index (χ0n) is 14.9. The standard InChI is InChI=1S/C18H27N3O4/c1-3-16(18(23)24)21-12-10-20(11-13-21)9-8-19-17(22)14-4-6-15(25-2)7-5-14/h4-7,16H,3,8-13H2,1-2H3,(H,19,22)(H,23,24). The molecule has 0 bridgehead atoms. The average molecular weight is 349 g/mol. The van der Waals surface area contributed by atoms with Crippen molar-refractivity contribution in [2.75, 3.05) is 46.4 Å². The van der Waals surface area contributed by atoms with E-state index in [1.807, 2.05) is 11.8 Å². The molecule has 138 valence electrons. The summed E-state index contributed by atoms with van der Waals surface area (Å²) < 4.78 is 5.08. The molecule has 1 amide bonds. The minimum Gasteiger partial charge on any atom is -0.497 e. The number of carbonyl (C=O) groups is 2. The monoisotopic (exact) mass is 349 g/mol. The van der Waals surface area contributed by atoms with Crippen molar-refractivity contribution < 1.29 is 19.4 Å². The van der Waals surface area contributed by atoms with Gasteiger partial charge in [0.15, 0.2) is 0 Å². The molecule has 0 aromatic heterocycles. The number of piperazine rings is 1. The molecule has 1 saturated heterocycles. The number of ether oxygens (including phenoxy) is 1. The van der Waals surface area contributed by atoms with Crippen molar-refractivity contribution >= 4 is 11.9 Å². The Balaban J connectivity index is 1.70. The fourth-order valence-electron chi connectivity index (χ4n) is 3.06. The molecule has 0 aliphatic carbocycles. The predicted octanol–water partition coefficient (Wildman–Crippen LogP) is 0.906. The Kier molecular flexibility index (Phi) is 7.21. The third-order valence-electron chi connectivity index (χ3n) is 4.59. The number of aliphatic carboxylic acids is 1. The number of methoxy groups -OCH3 is 1. The van der Waals surface area contributed by atoms with Gasteiger partial charge in [0.25, 0.3) is 5.91 Å². The van der Waals surface area contributed by atoms with Crippen molar-refractivity contribution in [1.29, 1.82) is 0 Å². The lowest BCUT2D eigenvalue weighted by Gasteiger charge is -2.37. The second-order valence-corrected chi connectivity index (χ2v) is 6.12. The van der Waals surface area contributed by atoms with Gasteiger partial charge in [0, 0.05) is 44.8 Å². The van der Waals surface area contributed by atoms with E-state index in [-0.39, 0.29) is 5.91 Å². The van der Waals surface area contributed by atoms with Crippen LogP contribution in [-0.2, 0) is 4.79 Å². The van der Waals surface area contributed by atoms with Crippen LogP contribution in [0.3, 0.4) is 0 Å². The van der Waals surface area contributed by atoms with Gasteiger partial charge in [0.05, 0.1) is 7.11 Å². The first-order valence-corrected chi connectivity index (χ1v) is 8.66. The Labute approximate surface area is 148 Å². The van der Waals surface area contributed by atoms with Gasteiger partial charge >= 0.3 is 5.97 Å². The molecule has 7 heteroatoms. The van der Waals surface area contributed by atoms with Crippen LogP contribution in [-0.4, -0.2) is 79.2 Å². The molecule has 0 radical (unpaired) electrons. The molecule has 1 fully saturated rings. The summed E-state index contributed by atoms with van der Waals surface area (Å²) in [6.45, 7) is 6.37. The maximum absolute atomic E-state index is 12.1. The highest BCUT2D eigenvalue weighted by atomic mass is 16.5. The molecule has 7 nitrogen and oxygen atoms in total. The molecule has 1 aliphatic rings. The van der Waals surface area contributed by atoms with Crippen LogP contribution in [0.5, 0.6) is 5.75 Å². The van der Waals surface area contributed by atoms with E-state index < -0.39 is 12.0 Å². The number of carbonyl (C=O) groups excluding carboxylic acids is 1. The van der Waals surface area contributed by atoms with Gasteiger partial charge in [0.2, 0.25) is 0 Å². The van der Waals surface area contributed by atoms with Gasteiger partial charge in [0.1, 0.15) is 11.8 Å². The number of nitrogens with one attached hydrogen (secondary N) is 1. The van der Waals surface area contributed by atoms with Crippen LogP contribution in [0, 0.1) is 0 Å². The zero-order valence-corrected chi connectivity index (χ0v) is 14.9. The lowest BCUT2D eigenvalue weighted by molar-refractivity contribution is -0.144. The second-order valence-electron chi connectivity index (χ2n) is 6.12. The summed E-state index contributed by atoms with van der Waals surface area (Å²) >= 11 is 0. The third-order valence-corrected chi connectivity index (χ3v) is 4.59. The molecule has 2 rings (SSSR count). The number of rotatable bonds is 8. The van der Waals surface area contributed by atoms with Gasteiger partial charge in [-0.15, -0.1) is 0 Å². The molecule has 1 atom stereocenters. The number of carboxylic acid groups (broad SMARTS) is 1. The summed E-state index contributed by atoms with van der Waals surface area (Å²) in [5.41, 5.74) is 0.609. The van der Waals surface area contributed by atoms with Crippen molar-refractivity contribution in [3.8, 4) is 5.75 Å². The number of amides is 1. The molecule has 1 aromatic carbocycles. The smallest absolute Gasteiger partial charge is 0.320 e. The van der Waals surface area contributed by atoms with Gasteiger partial charge in [-0.1, -0.05) is 6.92 Å². The fourth-order valence-corrected chi connectivity index (χ4v) is 3.06. The molecule has 25 heavy (non-hydrogen) atoms. The van der Waals surface area contributed by atoms with E-state index in [1.165, 1.54) is 0 Å². The van der Waals surface area contributed by atoms with Crippen molar-refractivity contribution in [3.05, 3.63) is 29.8 Å². The van der Waals surface area contributed by atoms with Crippen molar-refractivity contribution in [1.82, 2.24) is 15.1 Å². The van der Waals surface area contributed by atoms with Crippen LogP contribution in [0.4, 0.5) is 0 Å². The SMILES string of the molecule is CCC(C(=O)O)N1CCN(CCNC(=O)c2ccc(OC)cc2)CC1. The first-order valence-electron chi connectivity index (χ1n) is 8.66. The van der Waals surface area contributed by atoms with E-state index in [4.69, 9.17) is 4.74 Å². The maximum atomic E-state index is 12.1. The molecule has 2 N–H and O–H groups in total. The van der Waals surface area contributed by atoms with E-state index >= 15 is 0 Å². The summed E-state index contributed by atoms with van der Waals surface area (Å²) in [4.78, 5) is 27.6. The predicted molar refractivity (Wildman–Crippen MR) is 95.1 cm³/mol. The van der Waals surface area contributed by atoms with Gasteiger partial charge in [-0.05, 0) is 30.7 Å². The minimum atomic E-state index is -0.747. The quantitative estimate of drug-likeness (QED) is 0.726. The van der Waals surface area contributed by atoms with E-state index in [0.29, 0.717) is 18.5 Å². The molecular formula is C18H27N3O4. The van der Waals surface area contributed by atoms with Crippen LogP contribution in [0.1, 0.15) is 23.7 Å². The van der Waals surface area contributed by atoms with E-state index in [2.05, 4.69) is 10.2 Å². The summed E-state index contributed by atoms with van der Waals surface area (Å²) in [5, 5.41) is 12.1. The summed E-state index contributed by atoms with van der Waals surface area (Å²) in [6, 6.07) is 6.62. The van der Waals surface area contributed by atoms with Crippen LogP contribution in [0.2, 0.25) is 0 Å². The lowest BCUT2D eigenvalue weighted by atomic mass is 10.1. The Hall–Kier alpha value is -2.12. The first-order chi connectivity index (χ1) is 12.0. The topological polar surface area (TPSA) is 82.1 Å².